The molecular formula is C20H27F9O6. The third kappa shape index (κ3) is 7.23. The average molecular weight is 534 g/mol. The van der Waals surface area contributed by atoms with Crippen molar-refractivity contribution in [2.75, 3.05) is 27.8 Å². The molecule has 15 heteroatoms. The highest BCUT2D eigenvalue weighted by molar-refractivity contribution is 5.89. The van der Waals surface area contributed by atoms with E-state index >= 15 is 0 Å². The first-order valence-corrected chi connectivity index (χ1v) is 10.1. The molecule has 6 nitrogen and oxygen atoms in total. The van der Waals surface area contributed by atoms with E-state index in [1.54, 1.807) is 0 Å². The van der Waals surface area contributed by atoms with E-state index in [9.17, 15) is 44.3 Å². The van der Waals surface area contributed by atoms with E-state index in [1.165, 1.54) is 21.0 Å². The maximum absolute atomic E-state index is 14.1. The number of halogens is 9. The molecule has 0 saturated heterocycles. The van der Waals surface area contributed by atoms with Crippen LogP contribution in [0.1, 0.15) is 33.1 Å². The number of carbonyl (C=O) groups excluding carboxylic acids is 1. The van der Waals surface area contributed by atoms with Gasteiger partial charge in [0.25, 0.3) is 5.60 Å². The van der Waals surface area contributed by atoms with Crippen LogP contribution in [0.5, 0.6) is 0 Å². The molecule has 0 heterocycles. The number of ether oxygens (including phenoxy) is 5. The molecule has 0 bridgehead atoms. The number of alkyl halides is 9. The average Bonchev–Trinajstić information content (AvgIpc) is 2.69. The van der Waals surface area contributed by atoms with Gasteiger partial charge in [0.15, 0.2) is 0 Å². The van der Waals surface area contributed by atoms with Crippen LogP contribution in [0.3, 0.4) is 0 Å². The fraction of sp³-hybridized carbons (Fsp3) is 0.850. The maximum atomic E-state index is 14.1. The van der Waals surface area contributed by atoms with Crippen molar-refractivity contribution in [1.82, 2.24) is 0 Å². The van der Waals surface area contributed by atoms with Crippen molar-refractivity contribution in [3.8, 4) is 0 Å². The molecule has 1 fully saturated rings. The summed E-state index contributed by atoms with van der Waals surface area (Å²) in [7, 11) is 2.04. The Labute approximate surface area is 195 Å². The first-order valence-electron chi connectivity index (χ1n) is 10.1. The topological polar surface area (TPSA) is 63.2 Å². The first kappa shape index (κ1) is 31.4. The van der Waals surface area contributed by atoms with Crippen LogP contribution in [-0.2, 0) is 28.5 Å². The molecule has 1 rings (SSSR count). The van der Waals surface area contributed by atoms with Gasteiger partial charge >= 0.3 is 24.5 Å². The number of methoxy groups -OCH3 is 2. The monoisotopic (exact) mass is 534 g/mol. The minimum Gasteiger partial charge on any atom is -0.459 e. The highest BCUT2D eigenvalue weighted by Crippen LogP contribution is 2.56. The molecule has 0 aromatic heterocycles. The van der Waals surface area contributed by atoms with Crippen molar-refractivity contribution in [2.24, 2.45) is 11.8 Å². The van der Waals surface area contributed by atoms with Gasteiger partial charge < -0.3 is 23.7 Å². The van der Waals surface area contributed by atoms with Gasteiger partial charge in [-0.1, -0.05) is 6.58 Å². The minimum absolute atomic E-state index is 0.382. The number of hydrogen-bond donors (Lipinski definition) is 0. The summed E-state index contributed by atoms with van der Waals surface area (Å²) >= 11 is 0. The lowest BCUT2D eigenvalue weighted by molar-refractivity contribution is -0.413. The number of hydrogen-bond acceptors (Lipinski definition) is 6. The zero-order chi connectivity index (χ0) is 27.5. The lowest BCUT2D eigenvalue weighted by Crippen LogP contribution is -2.65. The normalized spacial score (nSPS) is 22.7. The van der Waals surface area contributed by atoms with Gasteiger partial charge in [0.1, 0.15) is 25.3 Å². The lowest BCUT2D eigenvalue weighted by Gasteiger charge is -2.49. The molecule has 0 radical (unpaired) electrons. The van der Waals surface area contributed by atoms with Gasteiger partial charge in [0.05, 0.1) is 5.60 Å². The van der Waals surface area contributed by atoms with Crippen molar-refractivity contribution in [3.05, 3.63) is 12.2 Å². The van der Waals surface area contributed by atoms with Crippen molar-refractivity contribution >= 4 is 5.97 Å². The molecule has 0 amide bonds. The molecule has 1 aliphatic rings. The Balaban J connectivity index is 3.53. The molecule has 0 aliphatic heterocycles. The van der Waals surface area contributed by atoms with Gasteiger partial charge in [-0.25, -0.2) is 4.79 Å². The van der Waals surface area contributed by atoms with Crippen molar-refractivity contribution in [3.63, 3.8) is 0 Å². The van der Waals surface area contributed by atoms with Gasteiger partial charge in [-0.05, 0) is 39.0 Å². The molecular weight excluding hydrogens is 507 g/mol. The fourth-order valence-corrected chi connectivity index (χ4v) is 3.99. The molecule has 35 heavy (non-hydrogen) atoms. The van der Waals surface area contributed by atoms with Gasteiger partial charge in [-0.2, -0.15) is 39.5 Å². The molecule has 1 aliphatic carbocycles. The van der Waals surface area contributed by atoms with Crippen LogP contribution in [0, 0.1) is 11.8 Å². The van der Waals surface area contributed by atoms with E-state index in [4.69, 9.17) is 14.2 Å². The predicted octanol–water partition coefficient (Wildman–Crippen LogP) is 5.32. The number of rotatable bonds is 10. The molecule has 0 aromatic carbocycles. The third-order valence-corrected chi connectivity index (χ3v) is 5.88. The Bertz CT molecular complexity index is 716. The molecule has 0 aromatic rings. The second-order valence-corrected chi connectivity index (χ2v) is 8.54. The van der Waals surface area contributed by atoms with Gasteiger partial charge in [-0.3, -0.25) is 0 Å². The zero-order valence-electron chi connectivity index (χ0n) is 19.3. The van der Waals surface area contributed by atoms with E-state index < -0.39 is 78.8 Å². The SMILES string of the molecule is C=C(C(=O)OC1CC(C(C)(C)OCOC)CC(C(OCOC)(C(F)(F)F)C(F)(F)F)C1)C(F)(F)F. The van der Waals surface area contributed by atoms with Crippen LogP contribution < -0.4 is 0 Å². The fourth-order valence-electron chi connectivity index (χ4n) is 3.99. The molecule has 206 valence electrons. The Morgan fingerprint density at radius 2 is 1.26 bits per heavy atom. The van der Waals surface area contributed by atoms with Crippen LogP contribution in [0.25, 0.3) is 0 Å². The minimum atomic E-state index is -6.02. The summed E-state index contributed by atoms with van der Waals surface area (Å²) in [5.41, 5.74) is -8.15. The Morgan fingerprint density at radius 3 is 1.69 bits per heavy atom. The molecule has 0 N–H and O–H groups in total. The van der Waals surface area contributed by atoms with Crippen LogP contribution in [0.4, 0.5) is 39.5 Å². The highest BCUT2D eigenvalue weighted by Gasteiger charge is 2.76. The van der Waals surface area contributed by atoms with Crippen LogP contribution >= 0.6 is 0 Å². The predicted molar refractivity (Wildman–Crippen MR) is 101 cm³/mol. The van der Waals surface area contributed by atoms with E-state index in [-0.39, 0.29) is 13.2 Å². The van der Waals surface area contributed by atoms with Crippen LogP contribution in [0.2, 0.25) is 0 Å². The number of esters is 1. The van der Waals surface area contributed by atoms with Gasteiger partial charge in [-0.15, -0.1) is 0 Å². The Hall–Kier alpha value is -1.58. The second kappa shape index (κ2) is 11.2. The summed E-state index contributed by atoms with van der Waals surface area (Å²) in [5.74, 6) is -5.60. The molecule has 3 atom stereocenters. The summed E-state index contributed by atoms with van der Waals surface area (Å²) in [6.45, 7) is 3.48. The zero-order valence-corrected chi connectivity index (χ0v) is 19.3. The Morgan fingerprint density at radius 1 is 0.800 bits per heavy atom. The number of carbonyl (C=O) groups is 1. The van der Waals surface area contributed by atoms with E-state index in [2.05, 4.69) is 16.1 Å². The third-order valence-electron chi connectivity index (χ3n) is 5.88. The van der Waals surface area contributed by atoms with Crippen molar-refractivity contribution in [2.45, 2.75) is 68.9 Å². The summed E-state index contributed by atoms with van der Waals surface area (Å²) in [6.07, 6.45) is -21.3. The van der Waals surface area contributed by atoms with Gasteiger partial charge in [0, 0.05) is 20.1 Å². The van der Waals surface area contributed by atoms with Crippen molar-refractivity contribution < 1.29 is 68.0 Å². The largest absolute Gasteiger partial charge is 0.459 e. The van der Waals surface area contributed by atoms with E-state index in [0.29, 0.717) is 0 Å². The first-order chi connectivity index (χ1) is 15.7. The standard InChI is InChI=1S/C20H27F9O6/c1-11(18(21,22)23)15(30)35-14-7-12(16(2,3)33-9-31-4)6-13(8-14)17(19(24,25)26,20(27,28)29)34-10-32-5/h12-14H,1,6-10H2,2-5H3. The lowest BCUT2D eigenvalue weighted by atomic mass is 9.66. The summed E-state index contributed by atoms with van der Waals surface area (Å²) < 4.78 is 146. The Kier molecular flexibility index (Phi) is 10.1. The molecule has 0 spiro atoms. The summed E-state index contributed by atoms with van der Waals surface area (Å²) in [5, 5.41) is 0. The van der Waals surface area contributed by atoms with E-state index in [0.717, 1.165) is 7.11 Å². The quantitative estimate of drug-likeness (QED) is 0.164. The van der Waals surface area contributed by atoms with Crippen LogP contribution in [-0.4, -0.2) is 69.6 Å². The summed E-state index contributed by atoms with van der Waals surface area (Å²) in [4.78, 5) is 11.9. The molecule has 3 unspecified atom stereocenters. The van der Waals surface area contributed by atoms with Gasteiger partial charge in [0.2, 0.25) is 0 Å². The van der Waals surface area contributed by atoms with Crippen molar-refractivity contribution in [1.29, 1.82) is 0 Å². The summed E-state index contributed by atoms with van der Waals surface area (Å²) in [6, 6.07) is 0. The van der Waals surface area contributed by atoms with E-state index in [1.807, 2.05) is 0 Å². The molecule has 1 saturated carbocycles. The second-order valence-electron chi connectivity index (χ2n) is 8.54. The highest BCUT2D eigenvalue weighted by atomic mass is 19.4. The smallest absolute Gasteiger partial charge is 0.426 e. The maximum Gasteiger partial charge on any atom is 0.426 e. The van der Waals surface area contributed by atoms with Crippen LogP contribution in [0.15, 0.2) is 12.2 Å².